The van der Waals surface area contributed by atoms with E-state index in [1.165, 1.54) is 0 Å². The monoisotopic (exact) mass is 228 g/mol. The van der Waals surface area contributed by atoms with Crippen LogP contribution in [-0.4, -0.2) is 53.1 Å². The van der Waals surface area contributed by atoms with Gasteiger partial charge >= 0.3 is 12.0 Å². The predicted octanol–water partition coefficient (Wildman–Crippen LogP) is 1.24. The Morgan fingerprint density at radius 2 is 2.25 bits per heavy atom. The lowest BCUT2D eigenvalue weighted by Crippen LogP contribution is -2.35. The summed E-state index contributed by atoms with van der Waals surface area (Å²) in [6.07, 6.45) is 2.00. The number of aliphatic carboxylic acids is 1. The second-order valence-corrected chi connectivity index (χ2v) is 4.48. The minimum atomic E-state index is -0.852. The van der Waals surface area contributed by atoms with E-state index in [9.17, 15) is 9.59 Å². The summed E-state index contributed by atoms with van der Waals surface area (Å²) in [7, 11) is 1.79. The maximum atomic E-state index is 11.8. The average molecular weight is 228 g/mol. The Morgan fingerprint density at radius 1 is 1.62 bits per heavy atom. The van der Waals surface area contributed by atoms with Gasteiger partial charge in [0, 0.05) is 20.1 Å². The van der Waals surface area contributed by atoms with Crippen LogP contribution in [0.2, 0.25) is 0 Å². The highest BCUT2D eigenvalue weighted by Crippen LogP contribution is 2.18. The predicted molar refractivity (Wildman–Crippen MR) is 60.2 cm³/mol. The third-order valence-corrected chi connectivity index (χ3v) is 3.09. The Balaban J connectivity index is 2.57. The van der Waals surface area contributed by atoms with Gasteiger partial charge in [-0.15, -0.1) is 0 Å². The fraction of sp³-hybridized carbons (Fsp3) is 0.818. The van der Waals surface area contributed by atoms with Crippen molar-refractivity contribution in [3.63, 3.8) is 0 Å². The lowest BCUT2D eigenvalue weighted by atomic mass is 10.1. The van der Waals surface area contributed by atoms with Gasteiger partial charge < -0.3 is 14.9 Å². The zero-order valence-corrected chi connectivity index (χ0v) is 10.1. The van der Waals surface area contributed by atoms with Gasteiger partial charge in [-0.1, -0.05) is 20.3 Å². The molecule has 2 atom stereocenters. The molecule has 2 amide bonds. The van der Waals surface area contributed by atoms with Crippen molar-refractivity contribution in [1.82, 2.24) is 9.80 Å². The molecule has 0 aromatic carbocycles. The minimum Gasteiger partial charge on any atom is -0.481 e. The van der Waals surface area contributed by atoms with Gasteiger partial charge in [-0.2, -0.15) is 0 Å². The Bertz CT molecular complexity index is 280. The van der Waals surface area contributed by atoms with Crippen LogP contribution in [0.15, 0.2) is 0 Å². The zero-order chi connectivity index (χ0) is 12.3. The first-order chi connectivity index (χ1) is 7.47. The zero-order valence-electron chi connectivity index (χ0n) is 10.1. The standard InChI is InChI=1S/C11H20N2O3/c1-4-5-9-7-13(11(16)12(9)3)6-8(2)10(14)15/h8-9H,4-7H2,1-3H3,(H,14,15). The van der Waals surface area contributed by atoms with E-state index in [1.54, 1.807) is 23.8 Å². The van der Waals surface area contributed by atoms with Crippen molar-refractivity contribution in [2.45, 2.75) is 32.7 Å². The molecule has 92 valence electrons. The highest BCUT2D eigenvalue weighted by Gasteiger charge is 2.35. The largest absolute Gasteiger partial charge is 0.481 e. The van der Waals surface area contributed by atoms with Gasteiger partial charge in [-0.05, 0) is 6.42 Å². The number of hydrogen-bond donors (Lipinski definition) is 1. The summed E-state index contributed by atoms with van der Waals surface area (Å²) in [5, 5.41) is 8.81. The molecular formula is C11H20N2O3. The number of carboxylic acids is 1. The van der Waals surface area contributed by atoms with Crippen molar-refractivity contribution in [3.8, 4) is 0 Å². The molecule has 0 saturated carbocycles. The van der Waals surface area contributed by atoms with Crippen LogP contribution in [0.1, 0.15) is 26.7 Å². The van der Waals surface area contributed by atoms with Crippen LogP contribution in [0.4, 0.5) is 4.79 Å². The molecule has 0 radical (unpaired) electrons. The number of urea groups is 1. The van der Waals surface area contributed by atoms with Gasteiger partial charge in [-0.3, -0.25) is 4.79 Å². The van der Waals surface area contributed by atoms with Crippen molar-refractivity contribution < 1.29 is 14.7 Å². The number of amides is 2. The summed E-state index contributed by atoms with van der Waals surface area (Å²) in [6, 6.07) is 0.185. The van der Waals surface area contributed by atoms with Crippen molar-refractivity contribution in [1.29, 1.82) is 0 Å². The summed E-state index contributed by atoms with van der Waals surface area (Å²) >= 11 is 0. The number of hydrogen-bond acceptors (Lipinski definition) is 2. The molecule has 1 fully saturated rings. The molecule has 1 rings (SSSR count). The maximum absolute atomic E-state index is 11.8. The van der Waals surface area contributed by atoms with Gasteiger partial charge in [0.2, 0.25) is 0 Å². The molecule has 1 saturated heterocycles. The minimum absolute atomic E-state index is 0.0495. The molecule has 16 heavy (non-hydrogen) atoms. The molecular weight excluding hydrogens is 208 g/mol. The van der Waals surface area contributed by atoms with E-state index in [4.69, 9.17) is 5.11 Å². The van der Waals surface area contributed by atoms with E-state index in [0.29, 0.717) is 13.1 Å². The molecule has 5 nitrogen and oxygen atoms in total. The molecule has 1 heterocycles. The number of carbonyl (C=O) groups is 2. The SMILES string of the molecule is CCCC1CN(CC(C)C(=O)O)C(=O)N1C. The van der Waals surface area contributed by atoms with E-state index in [2.05, 4.69) is 6.92 Å². The normalized spacial score (nSPS) is 22.7. The number of likely N-dealkylation sites (N-methyl/N-ethyl adjacent to an activating group) is 1. The van der Waals surface area contributed by atoms with Crippen molar-refractivity contribution in [2.24, 2.45) is 5.92 Å². The second kappa shape index (κ2) is 5.18. The van der Waals surface area contributed by atoms with E-state index < -0.39 is 11.9 Å². The smallest absolute Gasteiger partial charge is 0.320 e. The first-order valence-electron chi connectivity index (χ1n) is 5.71. The van der Waals surface area contributed by atoms with Crippen LogP contribution in [0, 0.1) is 5.92 Å². The van der Waals surface area contributed by atoms with Gasteiger partial charge in [0.05, 0.1) is 12.0 Å². The maximum Gasteiger partial charge on any atom is 0.320 e. The third kappa shape index (κ3) is 2.65. The van der Waals surface area contributed by atoms with Crippen molar-refractivity contribution >= 4 is 12.0 Å². The summed E-state index contributed by atoms with van der Waals surface area (Å²) in [5.41, 5.74) is 0. The fourth-order valence-electron chi connectivity index (χ4n) is 2.01. The molecule has 5 heteroatoms. The van der Waals surface area contributed by atoms with Crippen molar-refractivity contribution in [2.75, 3.05) is 20.1 Å². The lowest BCUT2D eigenvalue weighted by Gasteiger charge is -2.17. The van der Waals surface area contributed by atoms with Crippen LogP contribution in [0.5, 0.6) is 0 Å². The summed E-state index contributed by atoms with van der Waals surface area (Å²) in [5.74, 6) is -1.35. The fourth-order valence-corrected chi connectivity index (χ4v) is 2.01. The number of rotatable bonds is 5. The van der Waals surface area contributed by atoms with E-state index in [0.717, 1.165) is 12.8 Å². The highest BCUT2D eigenvalue weighted by molar-refractivity contribution is 5.78. The lowest BCUT2D eigenvalue weighted by molar-refractivity contribution is -0.141. The second-order valence-electron chi connectivity index (χ2n) is 4.48. The molecule has 2 unspecified atom stereocenters. The molecule has 0 aromatic rings. The molecule has 0 spiro atoms. The Kier molecular flexibility index (Phi) is 4.15. The van der Waals surface area contributed by atoms with Gasteiger partial charge in [0.25, 0.3) is 0 Å². The Hall–Kier alpha value is -1.26. The quantitative estimate of drug-likeness (QED) is 0.770. The Labute approximate surface area is 96.0 Å². The first kappa shape index (κ1) is 12.8. The molecule has 1 N–H and O–H groups in total. The highest BCUT2D eigenvalue weighted by atomic mass is 16.4. The summed E-state index contributed by atoms with van der Waals surface area (Å²) in [6.45, 7) is 4.67. The van der Waals surface area contributed by atoms with Gasteiger partial charge in [0.15, 0.2) is 0 Å². The van der Waals surface area contributed by atoms with Crippen LogP contribution in [-0.2, 0) is 4.79 Å². The summed E-state index contributed by atoms with van der Waals surface area (Å²) < 4.78 is 0. The molecule has 1 aliphatic rings. The van der Waals surface area contributed by atoms with E-state index in [1.807, 2.05) is 0 Å². The van der Waals surface area contributed by atoms with E-state index in [-0.39, 0.29) is 12.1 Å². The average Bonchev–Trinajstić information content (AvgIpc) is 2.47. The molecule has 0 aromatic heterocycles. The van der Waals surface area contributed by atoms with Gasteiger partial charge in [-0.25, -0.2) is 4.79 Å². The molecule has 0 bridgehead atoms. The van der Waals surface area contributed by atoms with Crippen LogP contribution >= 0.6 is 0 Å². The number of carbonyl (C=O) groups excluding carboxylic acids is 1. The summed E-state index contributed by atoms with van der Waals surface area (Å²) in [4.78, 5) is 25.9. The Morgan fingerprint density at radius 3 is 2.75 bits per heavy atom. The topological polar surface area (TPSA) is 60.9 Å². The third-order valence-electron chi connectivity index (χ3n) is 3.09. The van der Waals surface area contributed by atoms with Crippen LogP contribution < -0.4 is 0 Å². The first-order valence-corrected chi connectivity index (χ1v) is 5.71. The van der Waals surface area contributed by atoms with Crippen molar-refractivity contribution in [3.05, 3.63) is 0 Å². The van der Waals surface area contributed by atoms with Gasteiger partial charge in [0.1, 0.15) is 0 Å². The molecule has 0 aliphatic carbocycles. The van der Waals surface area contributed by atoms with Crippen LogP contribution in [0.3, 0.4) is 0 Å². The van der Waals surface area contributed by atoms with Crippen LogP contribution in [0.25, 0.3) is 0 Å². The number of nitrogens with zero attached hydrogens (tertiary/aromatic N) is 2. The number of carboxylic acid groups (broad SMARTS) is 1. The molecule has 1 aliphatic heterocycles. The van der Waals surface area contributed by atoms with E-state index >= 15 is 0 Å².